The number of nitrogens with one attached hydrogen (secondary N) is 1. The summed E-state index contributed by atoms with van der Waals surface area (Å²) < 4.78 is 5.99. The van der Waals surface area contributed by atoms with Crippen LogP contribution in [0.3, 0.4) is 0 Å². The number of thiophene rings is 1. The molecule has 0 bridgehead atoms. The Morgan fingerprint density at radius 3 is 2.57 bits per heavy atom. The van der Waals surface area contributed by atoms with Gasteiger partial charge in [-0.1, -0.05) is 32.4 Å². The summed E-state index contributed by atoms with van der Waals surface area (Å²) >= 11 is 7.65. The van der Waals surface area contributed by atoms with E-state index in [-0.39, 0.29) is 11.3 Å². The number of aliphatic imine (C=N–C) groups is 1. The number of hydrogen-bond acceptors (Lipinski definition) is 5. The Morgan fingerprint density at radius 1 is 1.20 bits per heavy atom. The highest BCUT2D eigenvalue weighted by Gasteiger charge is 2.33. The van der Waals surface area contributed by atoms with E-state index in [0.717, 1.165) is 48.8 Å². The lowest BCUT2D eigenvalue weighted by Crippen LogP contribution is -2.27. The molecule has 1 aliphatic carbocycles. The zero-order valence-electron chi connectivity index (χ0n) is 21.2. The summed E-state index contributed by atoms with van der Waals surface area (Å²) in [7, 11) is 0. The van der Waals surface area contributed by atoms with Gasteiger partial charge in [0.1, 0.15) is 10.8 Å². The molecule has 2 aromatic heterocycles. The summed E-state index contributed by atoms with van der Waals surface area (Å²) in [5.41, 5.74) is 2.76. The molecule has 0 spiro atoms. The van der Waals surface area contributed by atoms with Crippen LogP contribution in [-0.4, -0.2) is 25.2 Å². The first-order valence-corrected chi connectivity index (χ1v) is 13.5. The summed E-state index contributed by atoms with van der Waals surface area (Å²) in [6.45, 7) is 12.9. The van der Waals surface area contributed by atoms with E-state index in [1.54, 1.807) is 29.7 Å². The van der Waals surface area contributed by atoms with Crippen molar-refractivity contribution in [3.8, 4) is 0 Å². The first kappa shape index (κ1) is 25.5. The number of halogens is 1. The van der Waals surface area contributed by atoms with Crippen LogP contribution in [-0.2, 0) is 12.8 Å². The molecular weight excluding hydrogens is 478 g/mol. The zero-order valence-corrected chi connectivity index (χ0v) is 22.7. The monoisotopic (exact) mass is 511 g/mol. The van der Waals surface area contributed by atoms with Gasteiger partial charge in [-0.15, -0.1) is 11.3 Å². The molecule has 1 N–H and O–H groups in total. The number of carbonyl (C=O) groups excluding carboxylic acids is 1. The number of amides is 1. The standard InChI is InChI=1S/C28H34ClN3O2S/c1-6-32(7-2)24-15-13-21(34-24)17-30-27-25(26(33)31-20-11-9-19(29)10-12-20)22-14-8-18(28(3,4)5)16-23(22)35-27/h9-13,15,17-18H,6-8,14,16H2,1-5H3,(H,31,33)/t18-/m0/s1. The summed E-state index contributed by atoms with van der Waals surface area (Å²) in [5, 5.41) is 4.41. The molecule has 0 fully saturated rings. The molecule has 1 aromatic carbocycles. The van der Waals surface area contributed by atoms with Crippen molar-refractivity contribution in [1.29, 1.82) is 0 Å². The van der Waals surface area contributed by atoms with E-state index < -0.39 is 0 Å². The van der Waals surface area contributed by atoms with Crippen LogP contribution < -0.4 is 10.2 Å². The molecule has 35 heavy (non-hydrogen) atoms. The van der Waals surface area contributed by atoms with Gasteiger partial charge in [0.2, 0.25) is 0 Å². The second-order valence-corrected chi connectivity index (χ2v) is 11.6. The summed E-state index contributed by atoms with van der Waals surface area (Å²) in [6.07, 6.45) is 4.67. The Kier molecular flexibility index (Phi) is 7.72. The topological polar surface area (TPSA) is 57.8 Å². The largest absolute Gasteiger partial charge is 0.440 e. The van der Waals surface area contributed by atoms with Gasteiger partial charge in [-0.05, 0) is 80.3 Å². The highest BCUT2D eigenvalue weighted by atomic mass is 35.5. The Balaban J connectivity index is 1.66. The van der Waals surface area contributed by atoms with E-state index in [1.165, 1.54) is 4.88 Å². The highest BCUT2D eigenvalue weighted by Crippen LogP contribution is 2.45. The summed E-state index contributed by atoms with van der Waals surface area (Å²) in [5.74, 6) is 1.96. The van der Waals surface area contributed by atoms with Crippen molar-refractivity contribution in [3.05, 3.63) is 63.2 Å². The molecule has 0 saturated carbocycles. The Hall–Kier alpha value is -2.57. The molecule has 4 rings (SSSR count). The van der Waals surface area contributed by atoms with Crippen molar-refractivity contribution in [1.82, 2.24) is 0 Å². The zero-order chi connectivity index (χ0) is 25.2. The predicted octanol–water partition coefficient (Wildman–Crippen LogP) is 7.99. The number of carbonyl (C=O) groups is 1. The number of furan rings is 1. The maximum absolute atomic E-state index is 13.5. The molecule has 3 aromatic rings. The van der Waals surface area contributed by atoms with Crippen LogP contribution in [0.25, 0.3) is 0 Å². The van der Waals surface area contributed by atoms with Gasteiger partial charge in [0.25, 0.3) is 5.91 Å². The predicted molar refractivity (Wildman–Crippen MR) is 148 cm³/mol. The van der Waals surface area contributed by atoms with Crippen LogP contribution in [0, 0.1) is 11.3 Å². The average molecular weight is 512 g/mol. The lowest BCUT2D eigenvalue weighted by molar-refractivity contribution is 0.102. The Labute approximate surface area is 217 Å². The molecule has 2 heterocycles. The Morgan fingerprint density at radius 2 is 1.91 bits per heavy atom. The van der Waals surface area contributed by atoms with Gasteiger partial charge < -0.3 is 14.6 Å². The van der Waals surface area contributed by atoms with Crippen molar-refractivity contribution in [2.24, 2.45) is 16.3 Å². The van der Waals surface area contributed by atoms with E-state index in [9.17, 15) is 4.79 Å². The van der Waals surface area contributed by atoms with E-state index in [4.69, 9.17) is 21.0 Å². The number of anilines is 2. The fourth-order valence-corrected chi connectivity index (χ4v) is 6.00. The number of nitrogens with zero attached hydrogens (tertiary/aromatic N) is 2. The third-order valence-corrected chi connectivity index (χ3v) is 8.21. The number of rotatable bonds is 7. The van der Waals surface area contributed by atoms with Crippen LogP contribution >= 0.6 is 22.9 Å². The average Bonchev–Trinajstić information content (AvgIpc) is 3.43. The molecule has 0 saturated heterocycles. The van der Waals surface area contributed by atoms with Crippen molar-refractivity contribution >= 4 is 51.6 Å². The Bertz CT molecular complexity index is 1200. The van der Waals surface area contributed by atoms with Gasteiger partial charge in [-0.3, -0.25) is 4.79 Å². The quantitative estimate of drug-likeness (QED) is 0.327. The summed E-state index contributed by atoms with van der Waals surface area (Å²) in [4.78, 5) is 21.7. The summed E-state index contributed by atoms with van der Waals surface area (Å²) in [6, 6.07) is 11.1. The van der Waals surface area contributed by atoms with Crippen molar-refractivity contribution in [2.75, 3.05) is 23.3 Å². The van der Waals surface area contributed by atoms with Crippen LogP contribution in [0.1, 0.15) is 67.6 Å². The van der Waals surface area contributed by atoms with Gasteiger partial charge in [0, 0.05) is 34.7 Å². The van der Waals surface area contributed by atoms with Gasteiger partial charge in [-0.2, -0.15) is 0 Å². The molecule has 1 aliphatic rings. The van der Waals surface area contributed by atoms with Crippen LogP contribution in [0.15, 0.2) is 45.8 Å². The van der Waals surface area contributed by atoms with E-state index in [1.807, 2.05) is 24.3 Å². The fourth-order valence-electron chi connectivity index (χ4n) is 4.60. The molecule has 7 heteroatoms. The van der Waals surface area contributed by atoms with E-state index in [0.29, 0.717) is 28.0 Å². The fraction of sp³-hybridized carbons (Fsp3) is 0.429. The number of hydrogen-bond donors (Lipinski definition) is 1. The normalized spacial score (nSPS) is 15.9. The molecule has 0 radical (unpaired) electrons. The minimum atomic E-state index is -0.130. The second kappa shape index (κ2) is 10.6. The molecule has 1 amide bonds. The lowest BCUT2D eigenvalue weighted by atomic mass is 9.72. The third kappa shape index (κ3) is 5.81. The van der Waals surface area contributed by atoms with Gasteiger partial charge in [-0.25, -0.2) is 4.99 Å². The van der Waals surface area contributed by atoms with Gasteiger partial charge in [0.15, 0.2) is 5.88 Å². The maximum atomic E-state index is 13.5. The van der Waals surface area contributed by atoms with Gasteiger partial charge >= 0.3 is 0 Å². The van der Waals surface area contributed by atoms with E-state index in [2.05, 4.69) is 44.8 Å². The molecule has 186 valence electrons. The molecule has 1 atom stereocenters. The first-order valence-electron chi connectivity index (χ1n) is 12.3. The SMILES string of the molecule is CCN(CC)c1ccc(C=Nc2sc3c(c2C(=O)Nc2ccc(Cl)cc2)CC[C@H](C(C)(C)C)C3)o1. The number of benzene rings is 1. The minimum Gasteiger partial charge on any atom is -0.440 e. The van der Waals surface area contributed by atoms with Crippen LogP contribution in [0.4, 0.5) is 16.6 Å². The minimum absolute atomic E-state index is 0.130. The van der Waals surface area contributed by atoms with Crippen LogP contribution in [0.5, 0.6) is 0 Å². The maximum Gasteiger partial charge on any atom is 0.259 e. The van der Waals surface area contributed by atoms with Gasteiger partial charge in [0.05, 0.1) is 11.8 Å². The lowest BCUT2D eigenvalue weighted by Gasteiger charge is -2.33. The second-order valence-electron chi connectivity index (χ2n) is 10.1. The molecular formula is C28H34ClN3O2S. The van der Waals surface area contributed by atoms with Crippen LogP contribution in [0.2, 0.25) is 5.02 Å². The van der Waals surface area contributed by atoms with Crippen molar-refractivity contribution in [2.45, 2.75) is 53.9 Å². The first-order chi connectivity index (χ1) is 16.7. The molecule has 5 nitrogen and oxygen atoms in total. The highest BCUT2D eigenvalue weighted by molar-refractivity contribution is 7.16. The third-order valence-electron chi connectivity index (χ3n) is 6.80. The smallest absolute Gasteiger partial charge is 0.259 e. The molecule has 0 aliphatic heterocycles. The number of fused-ring (bicyclic) bond motifs is 1. The van der Waals surface area contributed by atoms with E-state index >= 15 is 0 Å². The molecule has 0 unspecified atom stereocenters. The van der Waals surface area contributed by atoms with Crippen molar-refractivity contribution in [3.63, 3.8) is 0 Å². The van der Waals surface area contributed by atoms with Crippen molar-refractivity contribution < 1.29 is 9.21 Å².